The van der Waals surface area contributed by atoms with Crippen LogP contribution in [0.5, 0.6) is 0 Å². The smallest absolute Gasteiger partial charge is 0.236 e. The van der Waals surface area contributed by atoms with E-state index >= 15 is 0 Å². The Morgan fingerprint density at radius 2 is 2.24 bits per heavy atom. The van der Waals surface area contributed by atoms with Crippen LogP contribution in [0, 0.1) is 0 Å². The molecule has 0 aromatic rings. The Bertz CT molecular complexity index is 239. The number of thioether (sulfide) groups is 1. The minimum Gasteiger partial charge on any atom is -0.383 e. The van der Waals surface area contributed by atoms with Crippen molar-refractivity contribution in [3.63, 3.8) is 0 Å². The molecule has 0 aromatic carbocycles. The van der Waals surface area contributed by atoms with E-state index in [2.05, 4.69) is 16.9 Å². The van der Waals surface area contributed by atoms with E-state index < -0.39 is 0 Å². The fraction of sp³-hybridized carbons (Fsp3) is 0.917. The molecule has 1 unspecified atom stereocenters. The highest BCUT2D eigenvalue weighted by molar-refractivity contribution is 8.00. The van der Waals surface area contributed by atoms with Gasteiger partial charge in [-0.15, -0.1) is 0 Å². The first kappa shape index (κ1) is 14.8. The van der Waals surface area contributed by atoms with Crippen LogP contribution in [-0.2, 0) is 9.53 Å². The van der Waals surface area contributed by atoms with Gasteiger partial charge in [0.25, 0.3) is 0 Å². The lowest BCUT2D eigenvalue weighted by atomic mass is 9.84. The highest BCUT2D eigenvalue weighted by atomic mass is 32.2. The monoisotopic (exact) mass is 260 g/mol. The van der Waals surface area contributed by atoms with Crippen LogP contribution in [0.2, 0.25) is 0 Å². The number of carbonyl (C=O) groups is 1. The lowest BCUT2D eigenvalue weighted by Gasteiger charge is -2.41. The second kappa shape index (κ2) is 7.24. The van der Waals surface area contributed by atoms with Gasteiger partial charge in [-0.1, -0.05) is 6.42 Å². The fourth-order valence-corrected chi connectivity index (χ4v) is 2.81. The Morgan fingerprint density at radius 3 is 2.71 bits per heavy atom. The minimum absolute atomic E-state index is 0.0534. The summed E-state index contributed by atoms with van der Waals surface area (Å²) < 4.78 is 5.27. The van der Waals surface area contributed by atoms with E-state index in [9.17, 15) is 4.79 Å². The topological polar surface area (TPSA) is 50.4 Å². The standard InChI is InChI=1S/C12H24N2O2S/c1-10(11(15)13-7-8-16-2)14-9-12(17-3)5-4-6-12/h10,14H,4-9H2,1-3H3,(H,13,15). The SMILES string of the molecule is COCCNC(=O)C(C)NCC1(SC)CCC1. The van der Waals surface area contributed by atoms with Crippen molar-refractivity contribution >= 4 is 17.7 Å². The second-order valence-corrected chi connectivity index (χ2v) is 5.90. The molecule has 100 valence electrons. The zero-order valence-electron chi connectivity index (χ0n) is 11.0. The maximum Gasteiger partial charge on any atom is 0.236 e. The van der Waals surface area contributed by atoms with E-state index in [1.54, 1.807) is 7.11 Å². The van der Waals surface area contributed by atoms with E-state index in [0.29, 0.717) is 17.9 Å². The van der Waals surface area contributed by atoms with Crippen molar-refractivity contribution in [2.45, 2.75) is 37.0 Å². The molecule has 17 heavy (non-hydrogen) atoms. The Morgan fingerprint density at radius 1 is 1.53 bits per heavy atom. The number of amides is 1. The molecular weight excluding hydrogens is 236 g/mol. The van der Waals surface area contributed by atoms with Gasteiger partial charge in [0, 0.05) is 24.9 Å². The van der Waals surface area contributed by atoms with Crippen LogP contribution in [-0.4, -0.2) is 49.8 Å². The molecular formula is C12H24N2O2S. The van der Waals surface area contributed by atoms with E-state index in [1.165, 1.54) is 19.3 Å². The van der Waals surface area contributed by atoms with Crippen LogP contribution in [0.25, 0.3) is 0 Å². The number of nitrogens with one attached hydrogen (secondary N) is 2. The van der Waals surface area contributed by atoms with Crippen molar-refractivity contribution in [2.24, 2.45) is 0 Å². The van der Waals surface area contributed by atoms with Crippen LogP contribution < -0.4 is 10.6 Å². The molecule has 0 aliphatic heterocycles. The Hall–Kier alpha value is -0.260. The van der Waals surface area contributed by atoms with Crippen molar-refractivity contribution in [1.82, 2.24) is 10.6 Å². The molecule has 0 saturated heterocycles. The fourth-order valence-electron chi connectivity index (χ4n) is 1.89. The van der Waals surface area contributed by atoms with Crippen molar-refractivity contribution < 1.29 is 9.53 Å². The molecule has 5 heteroatoms. The number of methoxy groups -OCH3 is 1. The van der Waals surface area contributed by atoms with Crippen LogP contribution in [0.3, 0.4) is 0 Å². The van der Waals surface area contributed by atoms with E-state index in [4.69, 9.17) is 4.74 Å². The lowest BCUT2D eigenvalue weighted by Crippen LogP contribution is -2.50. The molecule has 0 spiro atoms. The molecule has 1 amide bonds. The summed E-state index contributed by atoms with van der Waals surface area (Å²) in [6.45, 7) is 3.98. The third-order valence-electron chi connectivity index (χ3n) is 3.43. The van der Waals surface area contributed by atoms with Crippen LogP contribution in [0.1, 0.15) is 26.2 Å². The highest BCUT2D eigenvalue weighted by Crippen LogP contribution is 2.42. The average Bonchev–Trinajstić information content (AvgIpc) is 2.28. The summed E-state index contributed by atoms with van der Waals surface area (Å²) in [5, 5.41) is 6.17. The molecule has 4 nitrogen and oxygen atoms in total. The van der Waals surface area contributed by atoms with Crippen molar-refractivity contribution in [1.29, 1.82) is 0 Å². The molecule has 1 saturated carbocycles. The molecule has 1 aliphatic carbocycles. The summed E-state index contributed by atoms with van der Waals surface area (Å²) in [6.07, 6.45) is 6.00. The largest absolute Gasteiger partial charge is 0.383 e. The Kier molecular flexibility index (Phi) is 6.30. The third kappa shape index (κ3) is 4.48. The molecule has 0 bridgehead atoms. The zero-order valence-corrected chi connectivity index (χ0v) is 11.9. The Labute approximate surface area is 108 Å². The van der Waals surface area contributed by atoms with Crippen molar-refractivity contribution in [3.8, 4) is 0 Å². The maximum atomic E-state index is 11.7. The first-order chi connectivity index (χ1) is 8.13. The summed E-state index contributed by atoms with van der Waals surface area (Å²) in [5.74, 6) is 0.0534. The van der Waals surface area contributed by atoms with Gasteiger partial charge in [-0.05, 0) is 26.0 Å². The van der Waals surface area contributed by atoms with Gasteiger partial charge in [-0.2, -0.15) is 11.8 Å². The van der Waals surface area contributed by atoms with E-state index in [1.807, 2.05) is 18.7 Å². The van der Waals surface area contributed by atoms with E-state index in [0.717, 1.165) is 6.54 Å². The summed E-state index contributed by atoms with van der Waals surface area (Å²) in [6, 6.07) is -0.128. The van der Waals surface area contributed by atoms with Gasteiger partial charge >= 0.3 is 0 Å². The van der Waals surface area contributed by atoms with Gasteiger partial charge in [-0.25, -0.2) is 0 Å². The number of hydrogen-bond donors (Lipinski definition) is 2. The number of carbonyl (C=O) groups excluding carboxylic acids is 1. The first-order valence-corrected chi connectivity index (χ1v) is 7.41. The van der Waals surface area contributed by atoms with Crippen LogP contribution in [0.4, 0.5) is 0 Å². The maximum absolute atomic E-state index is 11.7. The summed E-state index contributed by atoms with van der Waals surface area (Å²) >= 11 is 1.92. The molecule has 1 rings (SSSR count). The van der Waals surface area contributed by atoms with Crippen LogP contribution in [0.15, 0.2) is 0 Å². The number of hydrogen-bond acceptors (Lipinski definition) is 4. The van der Waals surface area contributed by atoms with Gasteiger partial charge in [0.05, 0.1) is 12.6 Å². The van der Waals surface area contributed by atoms with Gasteiger partial charge in [0.2, 0.25) is 5.91 Å². The van der Waals surface area contributed by atoms with Gasteiger partial charge in [-0.3, -0.25) is 4.79 Å². The lowest BCUT2D eigenvalue weighted by molar-refractivity contribution is -0.123. The van der Waals surface area contributed by atoms with Gasteiger partial charge in [0.1, 0.15) is 0 Å². The molecule has 2 N–H and O–H groups in total. The van der Waals surface area contributed by atoms with E-state index in [-0.39, 0.29) is 11.9 Å². The quantitative estimate of drug-likeness (QED) is 0.640. The minimum atomic E-state index is -0.128. The van der Waals surface area contributed by atoms with Gasteiger partial charge < -0.3 is 15.4 Å². The van der Waals surface area contributed by atoms with Crippen molar-refractivity contribution in [2.75, 3.05) is 33.1 Å². The molecule has 0 aromatic heterocycles. The predicted octanol–water partition coefficient (Wildman–Crippen LogP) is 1.01. The van der Waals surface area contributed by atoms with Crippen molar-refractivity contribution in [3.05, 3.63) is 0 Å². The highest BCUT2D eigenvalue weighted by Gasteiger charge is 2.36. The van der Waals surface area contributed by atoms with Crippen LogP contribution >= 0.6 is 11.8 Å². The first-order valence-electron chi connectivity index (χ1n) is 6.19. The second-order valence-electron chi connectivity index (χ2n) is 4.63. The summed E-state index contributed by atoms with van der Waals surface area (Å²) in [4.78, 5) is 11.7. The molecule has 0 heterocycles. The molecule has 0 radical (unpaired) electrons. The molecule has 1 atom stereocenters. The zero-order chi connectivity index (χ0) is 12.7. The summed E-state index contributed by atoms with van der Waals surface area (Å²) in [5.41, 5.74) is 0. The average molecular weight is 260 g/mol. The normalized spacial score (nSPS) is 19.5. The summed E-state index contributed by atoms with van der Waals surface area (Å²) in [7, 11) is 1.63. The number of ether oxygens (including phenoxy) is 1. The molecule has 1 aliphatic rings. The third-order valence-corrected chi connectivity index (χ3v) is 4.85. The van der Waals surface area contributed by atoms with Gasteiger partial charge in [0.15, 0.2) is 0 Å². The Balaban J connectivity index is 2.19. The predicted molar refractivity (Wildman–Crippen MR) is 72.4 cm³/mol. The molecule has 1 fully saturated rings. The number of rotatable bonds is 8.